The van der Waals surface area contributed by atoms with Gasteiger partial charge in [0.25, 0.3) is 0 Å². The molecule has 21 heavy (non-hydrogen) atoms. The first-order chi connectivity index (χ1) is 10.3. The highest BCUT2D eigenvalue weighted by atomic mass is 32.1. The largest absolute Gasteiger partial charge is 0.382 e. The van der Waals surface area contributed by atoms with Crippen LogP contribution in [-0.2, 0) is 4.74 Å². The SMILES string of the molecule is Nc1nsc(NCCC2CCCCO2)c1-c1ccccc1. The first kappa shape index (κ1) is 14.4. The molecule has 1 saturated heterocycles. The number of nitrogens with zero attached hydrogens (tertiary/aromatic N) is 1. The van der Waals surface area contributed by atoms with E-state index in [0.717, 1.165) is 35.7 Å². The molecule has 1 fully saturated rings. The summed E-state index contributed by atoms with van der Waals surface area (Å²) >= 11 is 1.43. The second-order valence-corrected chi connectivity index (χ2v) is 6.12. The first-order valence-corrected chi connectivity index (χ1v) is 8.28. The van der Waals surface area contributed by atoms with Gasteiger partial charge >= 0.3 is 0 Å². The van der Waals surface area contributed by atoms with E-state index in [9.17, 15) is 0 Å². The molecule has 1 atom stereocenters. The van der Waals surface area contributed by atoms with Crippen molar-refractivity contribution in [3.8, 4) is 11.1 Å². The summed E-state index contributed by atoms with van der Waals surface area (Å²) in [5, 5.41) is 4.53. The van der Waals surface area contributed by atoms with Crippen molar-refractivity contribution in [3.05, 3.63) is 30.3 Å². The summed E-state index contributed by atoms with van der Waals surface area (Å²) in [6.07, 6.45) is 5.10. The fourth-order valence-corrected chi connectivity index (χ4v) is 3.45. The third kappa shape index (κ3) is 3.54. The van der Waals surface area contributed by atoms with Crippen LogP contribution in [0.2, 0.25) is 0 Å². The number of nitrogen functional groups attached to an aromatic ring is 1. The smallest absolute Gasteiger partial charge is 0.147 e. The summed E-state index contributed by atoms with van der Waals surface area (Å²) in [5.74, 6) is 0.600. The van der Waals surface area contributed by atoms with E-state index in [1.165, 1.54) is 30.8 Å². The average Bonchev–Trinajstić information content (AvgIpc) is 2.90. The third-order valence-corrected chi connectivity index (χ3v) is 4.63. The Hall–Kier alpha value is -1.59. The maximum atomic E-state index is 6.02. The Kier molecular flexibility index (Phi) is 4.72. The van der Waals surface area contributed by atoms with Gasteiger partial charge in [-0.1, -0.05) is 30.3 Å². The molecule has 0 amide bonds. The Bertz CT molecular complexity index is 564. The number of rotatable bonds is 5. The molecule has 1 aliphatic rings. The lowest BCUT2D eigenvalue weighted by Gasteiger charge is -2.22. The minimum absolute atomic E-state index is 0.400. The van der Waals surface area contributed by atoms with Crippen LogP contribution in [0.4, 0.5) is 10.8 Å². The van der Waals surface area contributed by atoms with Crippen molar-refractivity contribution in [3.63, 3.8) is 0 Å². The zero-order valence-corrected chi connectivity index (χ0v) is 12.9. The van der Waals surface area contributed by atoms with Crippen molar-refractivity contribution in [2.24, 2.45) is 0 Å². The van der Waals surface area contributed by atoms with Crippen molar-refractivity contribution >= 4 is 22.4 Å². The predicted molar refractivity (Wildman–Crippen MR) is 88.7 cm³/mol. The van der Waals surface area contributed by atoms with Gasteiger partial charge in [-0.15, -0.1) is 0 Å². The molecule has 0 aliphatic carbocycles. The third-order valence-electron chi connectivity index (χ3n) is 3.81. The molecule has 4 nitrogen and oxygen atoms in total. The highest BCUT2D eigenvalue weighted by Gasteiger charge is 2.16. The Labute approximate surface area is 129 Å². The van der Waals surface area contributed by atoms with Gasteiger partial charge in [-0.3, -0.25) is 0 Å². The van der Waals surface area contributed by atoms with Crippen molar-refractivity contribution in [1.82, 2.24) is 4.37 Å². The minimum Gasteiger partial charge on any atom is -0.382 e. The van der Waals surface area contributed by atoms with Crippen LogP contribution in [0, 0.1) is 0 Å². The fraction of sp³-hybridized carbons (Fsp3) is 0.438. The van der Waals surface area contributed by atoms with E-state index in [0.29, 0.717) is 11.9 Å². The van der Waals surface area contributed by atoms with E-state index < -0.39 is 0 Å². The topological polar surface area (TPSA) is 60.2 Å². The zero-order chi connectivity index (χ0) is 14.5. The number of anilines is 2. The Morgan fingerprint density at radius 2 is 2.14 bits per heavy atom. The van der Waals surface area contributed by atoms with Crippen LogP contribution in [0.25, 0.3) is 11.1 Å². The number of ether oxygens (including phenoxy) is 1. The van der Waals surface area contributed by atoms with E-state index in [1.807, 2.05) is 18.2 Å². The molecule has 2 aromatic rings. The van der Waals surface area contributed by atoms with Gasteiger partial charge < -0.3 is 15.8 Å². The standard InChI is InChI=1S/C16H21N3OS/c17-15-14(12-6-2-1-3-7-12)16(21-19-15)18-10-9-13-8-4-5-11-20-13/h1-3,6-7,13,18H,4-5,8-11H2,(H2,17,19). The maximum Gasteiger partial charge on any atom is 0.147 e. The van der Waals surface area contributed by atoms with Gasteiger partial charge in [-0.25, -0.2) is 0 Å². The summed E-state index contributed by atoms with van der Waals surface area (Å²) < 4.78 is 10.0. The molecule has 0 radical (unpaired) electrons. The quantitative estimate of drug-likeness (QED) is 0.883. The van der Waals surface area contributed by atoms with E-state index in [1.54, 1.807) is 0 Å². The number of nitrogens with two attached hydrogens (primary N) is 1. The monoisotopic (exact) mass is 303 g/mol. The highest BCUT2D eigenvalue weighted by molar-refractivity contribution is 7.11. The van der Waals surface area contributed by atoms with Crippen LogP contribution in [0.5, 0.6) is 0 Å². The van der Waals surface area contributed by atoms with Crippen LogP contribution < -0.4 is 11.1 Å². The van der Waals surface area contributed by atoms with Gasteiger partial charge in [0.05, 0.1) is 11.7 Å². The molecule has 0 spiro atoms. The number of benzene rings is 1. The number of nitrogens with one attached hydrogen (secondary N) is 1. The molecular formula is C16H21N3OS. The molecule has 3 rings (SSSR count). The molecule has 1 aromatic heterocycles. The van der Waals surface area contributed by atoms with Gasteiger partial charge in [0, 0.05) is 13.2 Å². The molecular weight excluding hydrogens is 282 g/mol. The summed E-state index contributed by atoms with van der Waals surface area (Å²) in [4.78, 5) is 0. The minimum atomic E-state index is 0.400. The fourth-order valence-electron chi connectivity index (χ4n) is 2.69. The molecule has 5 heteroatoms. The van der Waals surface area contributed by atoms with Crippen molar-refractivity contribution in [1.29, 1.82) is 0 Å². The summed E-state index contributed by atoms with van der Waals surface area (Å²) in [6, 6.07) is 10.2. The lowest BCUT2D eigenvalue weighted by Crippen LogP contribution is -2.21. The van der Waals surface area contributed by atoms with E-state index >= 15 is 0 Å². The van der Waals surface area contributed by atoms with Gasteiger partial charge in [-0.05, 0) is 42.8 Å². The Morgan fingerprint density at radius 1 is 1.29 bits per heavy atom. The molecule has 1 aromatic carbocycles. The van der Waals surface area contributed by atoms with Crippen LogP contribution >= 0.6 is 11.5 Å². The normalized spacial score (nSPS) is 18.6. The zero-order valence-electron chi connectivity index (χ0n) is 12.0. The number of hydrogen-bond donors (Lipinski definition) is 2. The molecule has 2 heterocycles. The molecule has 3 N–H and O–H groups in total. The second-order valence-electron chi connectivity index (χ2n) is 5.34. The average molecular weight is 303 g/mol. The van der Waals surface area contributed by atoms with Crippen LogP contribution in [0.15, 0.2) is 30.3 Å². The first-order valence-electron chi connectivity index (χ1n) is 7.50. The maximum absolute atomic E-state index is 6.02. The lowest BCUT2D eigenvalue weighted by molar-refractivity contribution is 0.0134. The second kappa shape index (κ2) is 6.91. The van der Waals surface area contributed by atoms with Crippen molar-refractivity contribution in [2.75, 3.05) is 24.2 Å². The number of aromatic nitrogens is 1. The molecule has 112 valence electrons. The Morgan fingerprint density at radius 3 is 2.90 bits per heavy atom. The summed E-state index contributed by atoms with van der Waals surface area (Å²) in [5.41, 5.74) is 8.15. The van der Waals surface area contributed by atoms with Gasteiger partial charge in [-0.2, -0.15) is 4.37 Å². The summed E-state index contributed by atoms with van der Waals surface area (Å²) in [6.45, 7) is 1.81. The van der Waals surface area contributed by atoms with Crippen molar-refractivity contribution < 1.29 is 4.74 Å². The molecule has 0 bridgehead atoms. The van der Waals surface area contributed by atoms with E-state index in [4.69, 9.17) is 10.5 Å². The van der Waals surface area contributed by atoms with Crippen LogP contribution in [0.3, 0.4) is 0 Å². The molecule has 0 saturated carbocycles. The van der Waals surface area contributed by atoms with E-state index in [2.05, 4.69) is 21.8 Å². The lowest BCUT2D eigenvalue weighted by atomic mass is 10.1. The van der Waals surface area contributed by atoms with Gasteiger partial charge in [0.15, 0.2) is 0 Å². The van der Waals surface area contributed by atoms with Crippen LogP contribution in [0.1, 0.15) is 25.7 Å². The molecule has 1 aliphatic heterocycles. The van der Waals surface area contributed by atoms with E-state index in [-0.39, 0.29) is 0 Å². The predicted octanol–water partition coefficient (Wildman–Crippen LogP) is 3.76. The van der Waals surface area contributed by atoms with Crippen LogP contribution in [-0.4, -0.2) is 23.6 Å². The van der Waals surface area contributed by atoms with Crippen molar-refractivity contribution in [2.45, 2.75) is 31.8 Å². The highest BCUT2D eigenvalue weighted by Crippen LogP contribution is 2.36. The molecule has 1 unspecified atom stereocenters. The van der Waals surface area contributed by atoms with Gasteiger partial charge in [0.1, 0.15) is 10.8 Å². The summed E-state index contributed by atoms with van der Waals surface area (Å²) in [7, 11) is 0. The number of hydrogen-bond acceptors (Lipinski definition) is 5. The Balaban J connectivity index is 1.63. The van der Waals surface area contributed by atoms with Gasteiger partial charge in [0.2, 0.25) is 0 Å².